The Bertz CT molecular complexity index is 1530. The summed E-state index contributed by atoms with van der Waals surface area (Å²) in [6.45, 7) is 1.21. The van der Waals surface area contributed by atoms with Crippen LogP contribution < -0.4 is 23.8 Å². The van der Waals surface area contributed by atoms with Crippen LogP contribution in [0.4, 0.5) is 5.69 Å². The van der Waals surface area contributed by atoms with Crippen LogP contribution in [0, 0.1) is 0 Å². The second kappa shape index (κ2) is 15.0. The molecular weight excluding hydrogens is 582 g/mol. The molecule has 0 radical (unpaired) electrons. The van der Waals surface area contributed by atoms with Crippen LogP contribution in [0.15, 0.2) is 77.7 Å². The first-order valence-corrected chi connectivity index (χ1v) is 16.1. The first-order chi connectivity index (χ1) is 21.2. The van der Waals surface area contributed by atoms with Gasteiger partial charge >= 0.3 is 0 Å². The van der Waals surface area contributed by atoms with Gasteiger partial charge in [0.2, 0.25) is 11.8 Å². The number of ether oxygens (including phenoxy) is 3. The van der Waals surface area contributed by atoms with Crippen LogP contribution in [0.5, 0.6) is 17.2 Å². The first-order valence-electron chi connectivity index (χ1n) is 14.7. The van der Waals surface area contributed by atoms with E-state index >= 15 is 0 Å². The summed E-state index contributed by atoms with van der Waals surface area (Å²) in [5.74, 6) is 0.405. The summed E-state index contributed by atoms with van der Waals surface area (Å²) in [6, 6.07) is 19.1. The van der Waals surface area contributed by atoms with Gasteiger partial charge in [0.05, 0.1) is 31.9 Å². The van der Waals surface area contributed by atoms with E-state index in [9.17, 15) is 18.0 Å². The third-order valence-electron chi connectivity index (χ3n) is 7.87. The van der Waals surface area contributed by atoms with Gasteiger partial charge in [-0.3, -0.25) is 13.9 Å². The molecule has 1 fully saturated rings. The quantitative estimate of drug-likeness (QED) is 0.292. The molecule has 1 aliphatic carbocycles. The standard InChI is InChI=1S/C33H41N3O7S/c1-24(33(38)34-26-13-7-5-8-14-26)35(22-25-12-11-17-28(20-25)41-2)32(37)23-36(27-15-9-6-10-16-27)44(39,40)29-18-19-30(42-3)31(21-29)43-4/h6,9-12,15-21,24,26H,5,7-8,13-14,22-23H2,1-4H3,(H,34,38)/t24-/m1/s1. The highest BCUT2D eigenvalue weighted by atomic mass is 32.2. The van der Waals surface area contributed by atoms with Crippen LogP contribution in [0.1, 0.15) is 44.6 Å². The predicted molar refractivity (Wildman–Crippen MR) is 169 cm³/mol. The Hall–Kier alpha value is -4.25. The number of para-hydroxylation sites is 1. The number of carbonyl (C=O) groups is 2. The van der Waals surface area contributed by atoms with E-state index in [0.29, 0.717) is 17.2 Å². The Balaban J connectivity index is 1.69. The van der Waals surface area contributed by atoms with Gasteiger partial charge in [-0.05, 0) is 61.7 Å². The maximum absolute atomic E-state index is 14.2. The van der Waals surface area contributed by atoms with E-state index in [0.717, 1.165) is 42.0 Å². The maximum atomic E-state index is 14.2. The van der Waals surface area contributed by atoms with E-state index in [2.05, 4.69) is 5.32 Å². The lowest BCUT2D eigenvalue weighted by molar-refractivity contribution is -0.139. The number of hydrogen-bond donors (Lipinski definition) is 1. The fourth-order valence-electron chi connectivity index (χ4n) is 5.35. The summed E-state index contributed by atoms with van der Waals surface area (Å²) in [7, 11) is 0.173. The molecule has 44 heavy (non-hydrogen) atoms. The van der Waals surface area contributed by atoms with Crippen molar-refractivity contribution >= 4 is 27.5 Å². The Morgan fingerprint density at radius 2 is 1.57 bits per heavy atom. The molecule has 3 aromatic carbocycles. The summed E-state index contributed by atoms with van der Waals surface area (Å²) in [4.78, 5) is 29.0. The minimum Gasteiger partial charge on any atom is -0.497 e. The summed E-state index contributed by atoms with van der Waals surface area (Å²) in [5.41, 5.74) is 1.04. The van der Waals surface area contributed by atoms with Crippen LogP contribution in [-0.2, 0) is 26.2 Å². The number of nitrogens with zero attached hydrogens (tertiary/aromatic N) is 2. The molecule has 0 saturated heterocycles. The van der Waals surface area contributed by atoms with Crippen molar-refractivity contribution in [1.29, 1.82) is 0 Å². The van der Waals surface area contributed by atoms with Gasteiger partial charge < -0.3 is 24.4 Å². The molecule has 1 atom stereocenters. The minimum absolute atomic E-state index is 0.0544. The third kappa shape index (κ3) is 7.82. The van der Waals surface area contributed by atoms with E-state index in [-0.39, 0.29) is 29.1 Å². The number of methoxy groups -OCH3 is 3. The summed E-state index contributed by atoms with van der Waals surface area (Å²) in [6.07, 6.45) is 5.03. The third-order valence-corrected chi connectivity index (χ3v) is 9.64. The van der Waals surface area contributed by atoms with Crippen molar-refractivity contribution in [3.63, 3.8) is 0 Å². The summed E-state index contributed by atoms with van der Waals surface area (Å²) in [5, 5.41) is 3.11. The SMILES string of the molecule is COc1cccc(CN(C(=O)CN(c2ccccc2)S(=O)(=O)c2ccc(OC)c(OC)c2)[C@H](C)C(=O)NC2CCCCC2)c1. The lowest BCUT2D eigenvalue weighted by Gasteiger charge is -2.33. The normalized spacial score (nSPS) is 14.3. The molecule has 4 rings (SSSR count). The fourth-order valence-corrected chi connectivity index (χ4v) is 6.78. The highest BCUT2D eigenvalue weighted by Crippen LogP contribution is 2.32. The smallest absolute Gasteiger partial charge is 0.264 e. The Morgan fingerprint density at radius 1 is 0.864 bits per heavy atom. The number of sulfonamides is 1. The van der Waals surface area contributed by atoms with Gasteiger partial charge in [-0.1, -0.05) is 49.6 Å². The highest BCUT2D eigenvalue weighted by Gasteiger charge is 2.33. The largest absolute Gasteiger partial charge is 0.497 e. The Kier molecular flexibility index (Phi) is 11.1. The minimum atomic E-state index is -4.26. The predicted octanol–water partition coefficient (Wildman–Crippen LogP) is 4.77. The zero-order chi connectivity index (χ0) is 31.7. The number of hydrogen-bond acceptors (Lipinski definition) is 7. The van der Waals surface area contributed by atoms with Crippen LogP contribution in [-0.4, -0.2) is 65.1 Å². The van der Waals surface area contributed by atoms with Crippen molar-refractivity contribution in [3.05, 3.63) is 78.4 Å². The molecular formula is C33H41N3O7S. The molecule has 10 nitrogen and oxygen atoms in total. The Labute approximate surface area is 260 Å². The average Bonchev–Trinajstić information content (AvgIpc) is 3.06. The van der Waals surface area contributed by atoms with Gasteiger partial charge in [0.15, 0.2) is 11.5 Å². The van der Waals surface area contributed by atoms with Crippen molar-refractivity contribution in [3.8, 4) is 17.2 Å². The van der Waals surface area contributed by atoms with Crippen molar-refractivity contribution in [2.24, 2.45) is 0 Å². The van der Waals surface area contributed by atoms with Gasteiger partial charge in [-0.15, -0.1) is 0 Å². The van der Waals surface area contributed by atoms with Crippen LogP contribution >= 0.6 is 0 Å². The van der Waals surface area contributed by atoms with Crippen LogP contribution in [0.3, 0.4) is 0 Å². The number of anilines is 1. The molecule has 236 valence electrons. The van der Waals surface area contributed by atoms with Gasteiger partial charge in [-0.25, -0.2) is 8.42 Å². The monoisotopic (exact) mass is 623 g/mol. The van der Waals surface area contributed by atoms with E-state index < -0.39 is 28.5 Å². The van der Waals surface area contributed by atoms with Crippen LogP contribution in [0.2, 0.25) is 0 Å². The zero-order valence-corrected chi connectivity index (χ0v) is 26.5. The van der Waals surface area contributed by atoms with E-state index in [1.54, 1.807) is 62.6 Å². The molecule has 0 spiro atoms. The number of carbonyl (C=O) groups excluding carboxylic acids is 2. The average molecular weight is 624 g/mol. The molecule has 1 aliphatic rings. The van der Waals surface area contributed by atoms with Crippen molar-refractivity contribution in [2.45, 2.75) is 62.6 Å². The van der Waals surface area contributed by atoms with Gasteiger partial charge in [0.25, 0.3) is 10.0 Å². The molecule has 1 saturated carbocycles. The second-order valence-electron chi connectivity index (χ2n) is 10.8. The lowest BCUT2D eigenvalue weighted by Crippen LogP contribution is -2.53. The maximum Gasteiger partial charge on any atom is 0.264 e. The molecule has 3 aromatic rings. The molecule has 0 aromatic heterocycles. The van der Waals surface area contributed by atoms with Gasteiger partial charge in [-0.2, -0.15) is 0 Å². The fraction of sp³-hybridized carbons (Fsp3) is 0.394. The second-order valence-corrected chi connectivity index (χ2v) is 12.6. The first kappa shape index (κ1) is 32.7. The van der Waals surface area contributed by atoms with Crippen molar-refractivity contribution in [2.75, 3.05) is 32.2 Å². The van der Waals surface area contributed by atoms with E-state index in [1.165, 1.54) is 37.3 Å². The van der Waals surface area contributed by atoms with Gasteiger partial charge in [0.1, 0.15) is 18.3 Å². The topological polar surface area (TPSA) is 114 Å². The molecule has 2 amide bonds. The number of rotatable bonds is 13. The lowest BCUT2D eigenvalue weighted by atomic mass is 9.95. The summed E-state index contributed by atoms with van der Waals surface area (Å²) >= 11 is 0. The molecule has 1 N–H and O–H groups in total. The molecule has 0 unspecified atom stereocenters. The van der Waals surface area contributed by atoms with E-state index in [1.807, 2.05) is 6.07 Å². The summed E-state index contributed by atoms with van der Waals surface area (Å²) < 4.78 is 45.3. The van der Waals surface area contributed by atoms with Crippen molar-refractivity contribution < 1.29 is 32.2 Å². The highest BCUT2D eigenvalue weighted by molar-refractivity contribution is 7.92. The Morgan fingerprint density at radius 3 is 2.23 bits per heavy atom. The molecule has 0 bridgehead atoms. The zero-order valence-electron chi connectivity index (χ0n) is 25.7. The molecule has 0 aliphatic heterocycles. The van der Waals surface area contributed by atoms with E-state index in [4.69, 9.17) is 14.2 Å². The number of benzene rings is 3. The molecule has 0 heterocycles. The number of nitrogens with one attached hydrogen (secondary N) is 1. The molecule has 11 heteroatoms. The number of amides is 2. The van der Waals surface area contributed by atoms with Crippen molar-refractivity contribution in [1.82, 2.24) is 10.2 Å². The van der Waals surface area contributed by atoms with Crippen LogP contribution in [0.25, 0.3) is 0 Å². The van der Waals surface area contributed by atoms with Gasteiger partial charge in [0, 0.05) is 18.7 Å².